The van der Waals surface area contributed by atoms with Crippen molar-refractivity contribution < 1.29 is 13.9 Å². The predicted molar refractivity (Wildman–Crippen MR) is 63.8 cm³/mol. The van der Waals surface area contributed by atoms with Crippen molar-refractivity contribution in [3.8, 4) is 5.88 Å². The Morgan fingerprint density at radius 3 is 2.67 bits per heavy atom. The van der Waals surface area contributed by atoms with Crippen molar-refractivity contribution in [3.63, 3.8) is 0 Å². The fourth-order valence-electron chi connectivity index (χ4n) is 2.61. The zero-order valence-corrected chi connectivity index (χ0v) is 9.81. The number of aromatic nitrogens is 2. The normalized spacial score (nSPS) is 20.3. The minimum Gasteiger partial charge on any atom is -0.493 e. The van der Waals surface area contributed by atoms with Crippen molar-refractivity contribution in [2.24, 2.45) is 0 Å². The Kier molecular flexibility index (Phi) is 2.50. The van der Waals surface area contributed by atoms with Crippen LogP contribution in [0.5, 0.6) is 5.88 Å². The zero-order chi connectivity index (χ0) is 12.8. The van der Waals surface area contributed by atoms with E-state index in [-0.39, 0.29) is 24.8 Å². The Balaban J connectivity index is 1.93. The molecule has 0 unspecified atom stereocenters. The molecule has 5 heteroatoms. The lowest BCUT2D eigenvalue weighted by Gasteiger charge is -2.29. The molecule has 0 aromatic carbocycles. The summed E-state index contributed by atoms with van der Waals surface area (Å²) in [7, 11) is 0. The molecule has 0 spiro atoms. The molecule has 2 heterocycles. The Labute approximate surface area is 103 Å². The van der Waals surface area contributed by atoms with Crippen LogP contribution in [0, 0.1) is 0 Å². The number of nitrogens with zero attached hydrogens (tertiary/aromatic N) is 2. The fraction of sp³-hybridized carbons (Fsp3) is 0.462. The van der Waals surface area contributed by atoms with Gasteiger partial charge in [0.1, 0.15) is 5.65 Å². The highest BCUT2D eigenvalue weighted by Crippen LogP contribution is 2.39. The molecule has 1 aliphatic rings. The van der Waals surface area contributed by atoms with Gasteiger partial charge in [-0.05, 0) is 25.0 Å². The van der Waals surface area contributed by atoms with E-state index in [1.54, 1.807) is 6.07 Å². The maximum atomic E-state index is 13.1. The van der Waals surface area contributed by atoms with Crippen LogP contribution in [-0.2, 0) is 0 Å². The molecule has 2 aromatic heterocycles. The van der Waals surface area contributed by atoms with Gasteiger partial charge in [-0.25, -0.2) is 8.78 Å². The van der Waals surface area contributed by atoms with E-state index in [0.717, 1.165) is 5.39 Å². The van der Waals surface area contributed by atoms with Gasteiger partial charge in [0.15, 0.2) is 0 Å². The van der Waals surface area contributed by atoms with Gasteiger partial charge in [0, 0.05) is 36.5 Å². The molecule has 3 nitrogen and oxygen atoms in total. The molecule has 0 bridgehead atoms. The van der Waals surface area contributed by atoms with Gasteiger partial charge in [-0.15, -0.1) is 0 Å². The van der Waals surface area contributed by atoms with E-state index in [0.29, 0.717) is 18.5 Å². The van der Waals surface area contributed by atoms with Crippen LogP contribution in [0.25, 0.3) is 11.0 Å². The number of aromatic hydroxyl groups is 1. The van der Waals surface area contributed by atoms with Gasteiger partial charge in [-0.1, -0.05) is 0 Å². The lowest BCUT2D eigenvalue weighted by molar-refractivity contribution is -0.0436. The topological polar surface area (TPSA) is 38.0 Å². The van der Waals surface area contributed by atoms with Crippen molar-refractivity contribution in [1.29, 1.82) is 0 Å². The highest BCUT2D eigenvalue weighted by Gasteiger charge is 2.35. The average Bonchev–Trinajstić information content (AvgIpc) is 2.72. The highest BCUT2D eigenvalue weighted by atomic mass is 19.3. The molecule has 1 aliphatic carbocycles. The fourth-order valence-corrected chi connectivity index (χ4v) is 2.61. The predicted octanol–water partition coefficient (Wildman–Crippen LogP) is 3.49. The molecule has 18 heavy (non-hydrogen) atoms. The van der Waals surface area contributed by atoms with Crippen molar-refractivity contribution in [2.45, 2.75) is 37.6 Å². The first-order valence-corrected chi connectivity index (χ1v) is 6.10. The minimum absolute atomic E-state index is 0.0383. The van der Waals surface area contributed by atoms with Gasteiger partial charge in [0.25, 0.3) is 0 Å². The summed E-state index contributed by atoms with van der Waals surface area (Å²) in [4.78, 5) is 4.08. The maximum Gasteiger partial charge on any atom is 0.248 e. The number of fused-ring (bicyclic) bond motifs is 1. The van der Waals surface area contributed by atoms with Gasteiger partial charge >= 0.3 is 0 Å². The van der Waals surface area contributed by atoms with E-state index < -0.39 is 5.92 Å². The summed E-state index contributed by atoms with van der Waals surface area (Å²) in [6, 6.07) is 5.26. The smallest absolute Gasteiger partial charge is 0.248 e. The Morgan fingerprint density at radius 1 is 1.22 bits per heavy atom. The molecule has 0 aliphatic heterocycles. The molecule has 2 aromatic rings. The van der Waals surface area contributed by atoms with Crippen LogP contribution in [0.4, 0.5) is 8.78 Å². The van der Waals surface area contributed by atoms with Crippen LogP contribution < -0.4 is 0 Å². The third kappa shape index (κ3) is 1.94. The summed E-state index contributed by atoms with van der Waals surface area (Å²) in [6.45, 7) is 0. The Morgan fingerprint density at radius 2 is 1.94 bits per heavy atom. The van der Waals surface area contributed by atoms with Crippen LogP contribution in [-0.4, -0.2) is 20.6 Å². The van der Waals surface area contributed by atoms with Crippen molar-refractivity contribution in [2.75, 3.05) is 0 Å². The second-order valence-corrected chi connectivity index (χ2v) is 4.89. The van der Waals surface area contributed by atoms with Gasteiger partial charge in [-0.2, -0.15) is 4.98 Å². The molecule has 1 N–H and O–H groups in total. The third-order valence-electron chi connectivity index (χ3n) is 3.63. The summed E-state index contributed by atoms with van der Waals surface area (Å²) in [5.74, 6) is -2.56. The summed E-state index contributed by atoms with van der Waals surface area (Å²) >= 11 is 0. The first kappa shape index (κ1) is 11.4. The number of hydrogen-bond donors (Lipinski definition) is 1. The van der Waals surface area contributed by atoms with Crippen LogP contribution in [0.3, 0.4) is 0 Å². The number of pyridine rings is 1. The van der Waals surface area contributed by atoms with Crippen molar-refractivity contribution in [1.82, 2.24) is 9.55 Å². The number of alkyl halides is 2. The summed E-state index contributed by atoms with van der Waals surface area (Å²) in [5.41, 5.74) is 0.671. The van der Waals surface area contributed by atoms with Gasteiger partial charge in [0.05, 0.1) is 0 Å². The number of hydrogen-bond acceptors (Lipinski definition) is 2. The standard InChI is InChI=1S/C13H14F2N2O/c14-13(15)6-3-10(4-7-13)17-8-5-9-1-2-11(18)16-12(9)17/h1-2,5,8,10H,3-4,6-7H2,(H,16,18). The quantitative estimate of drug-likeness (QED) is 0.843. The lowest BCUT2D eigenvalue weighted by Crippen LogP contribution is -2.26. The molecule has 0 saturated heterocycles. The van der Waals surface area contributed by atoms with E-state index in [2.05, 4.69) is 4.98 Å². The van der Waals surface area contributed by atoms with E-state index in [4.69, 9.17) is 0 Å². The average molecular weight is 252 g/mol. The van der Waals surface area contributed by atoms with Crippen molar-refractivity contribution >= 4 is 11.0 Å². The summed E-state index contributed by atoms with van der Waals surface area (Å²) < 4.78 is 28.2. The summed E-state index contributed by atoms with van der Waals surface area (Å²) in [6.07, 6.45) is 2.62. The molecular weight excluding hydrogens is 238 g/mol. The molecule has 1 saturated carbocycles. The Bertz CT molecular complexity index is 569. The minimum atomic E-state index is -2.52. The zero-order valence-electron chi connectivity index (χ0n) is 9.81. The van der Waals surface area contributed by atoms with Crippen LogP contribution in [0.1, 0.15) is 31.7 Å². The van der Waals surface area contributed by atoms with E-state index >= 15 is 0 Å². The van der Waals surface area contributed by atoms with Gasteiger partial charge in [0.2, 0.25) is 11.8 Å². The first-order valence-electron chi connectivity index (χ1n) is 6.10. The Hall–Kier alpha value is -1.65. The number of rotatable bonds is 1. The molecule has 0 amide bonds. The second kappa shape index (κ2) is 3.93. The van der Waals surface area contributed by atoms with Crippen LogP contribution in [0.15, 0.2) is 24.4 Å². The first-order chi connectivity index (χ1) is 8.55. The lowest BCUT2D eigenvalue weighted by atomic mass is 9.92. The largest absolute Gasteiger partial charge is 0.493 e. The second-order valence-electron chi connectivity index (χ2n) is 4.89. The van der Waals surface area contributed by atoms with Crippen LogP contribution in [0.2, 0.25) is 0 Å². The third-order valence-corrected chi connectivity index (χ3v) is 3.63. The highest BCUT2D eigenvalue weighted by molar-refractivity contribution is 5.76. The molecular formula is C13H14F2N2O. The SMILES string of the molecule is Oc1ccc2ccn(C3CCC(F)(F)CC3)c2n1. The van der Waals surface area contributed by atoms with Crippen molar-refractivity contribution in [3.05, 3.63) is 24.4 Å². The van der Waals surface area contributed by atoms with Gasteiger partial charge < -0.3 is 9.67 Å². The van der Waals surface area contributed by atoms with E-state index in [1.807, 2.05) is 16.8 Å². The maximum absolute atomic E-state index is 13.1. The molecule has 0 radical (unpaired) electrons. The monoisotopic (exact) mass is 252 g/mol. The molecule has 1 fully saturated rings. The number of halogens is 2. The molecule has 96 valence electrons. The van der Waals surface area contributed by atoms with E-state index in [1.165, 1.54) is 6.07 Å². The van der Waals surface area contributed by atoms with E-state index in [9.17, 15) is 13.9 Å². The molecule has 0 atom stereocenters. The summed E-state index contributed by atoms with van der Waals surface area (Å²) in [5, 5.41) is 10.3. The molecule has 3 rings (SSSR count). The van der Waals surface area contributed by atoms with Gasteiger partial charge in [-0.3, -0.25) is 0 Å². The van der Waals surface area contributed by atoms with Crippen LogP contribution >= 0.6 is 0 Å².